The predicted molar refractivity (Wildman–Crippen MR) is 107 cm³/mol. The second-order valence-electron chi connectivity index (χ2n) is 6.73. The maximum absolute atomic E-state index is 6.19. The van der Waals surface area contributed by atoms with E-state index in [0.717, 1.165) is 24.7 Å². The normalized spacial score (nSPS) is 14.6. The summed E-state index contributed by atoms with van der Waals surface area (Å²) in [5, 5.41) is 5.89. The molecule has 3 aromatic rings. The Morgan fingerprint density at radius 3 is 2.65 bits per heavy atom. The average Bonchev–Trinajstić information content (AvgIpc) is 3.21. The van der Waals surface area contributed by atoms with Crippen LogP contribution in [0.1, 0.15) is 18.4 Å². The number of aromatic nitrogens is 1. The van der Waals surface area contributed by atoms with Crippen molar-refractivity contribution >= 4 is 16.6 Å². The van der Waals surface area contributed by atoms with Crippen LogP contribution in [0, 0.1) is 0 Å². The van der Waals surface area contributed by atoms with Crippen LogP contribution in [0.2, 0.25) is 0 Å². The van der Waals surface area contributed by atoms with Gasteiger partial charge in [0.2, 0.25) is 0 Å². The van der Waals surface area contributed by atoms with Crippen molar-refractivity contribution in [2.24, 2.45) is 0 Å². The van der Waals surface area contributed by atoms with Crippen molar-refractivity contribution in [2.75, 3.05) is 31.6 Å². The zero-order valence-electron chi connectivity index (χ0n) is 15.0. The standard InChI is InChI=1S/C22H25N3O/c1-2-8-19-18(7-1)10-11-21(26-16-15-25-13-5-6-14-25)20(19)17-24-22-9-3-4-12-23-22/h1-4,7-12H,5-6,13-17H2,(H,23,24). The molecule has 1 fully saturated rings. The zero-order chi connectivity index (χ0) is 17.6. The van der Waals surface area contributed by atoms with E-state index in [4.69, 9.17) is 4.74 Å². The number of rotatable bonds is 7. The van der Waals surface area contributed by atoms with Crippen molar-refractivity contribution in [3.8, 4) is 5.75 Å². The molecule has 4 rings (SSSR count). The number of hydrogen-bond acceptors (Lipinski definition) is 4. The number of nitrogens with zero attached hydrogens (tertiary/aromatic N) is 2. The van der Waals surface area contributed by atoms with E-state index in [0.29, 0.717) is 6.54 Å². The van der Waals surface area contributed by atoms with Gasteiger partial charge in [0.25, 0.3) is 0 Å². The lowest BCUT2D eigenvalue weighted by molar-refractivity contribution is 0.237. The van der Waals surface area contributed by atoms with Crippen LogP contribution in [0.4, 0.5) is 5.82 Å². The second-order valence-corrected chi connectivity index (χ2v) is 6.73. The van der Waals surface area contributed by atoms with Gasteiger partial charge in [-0.25, -0.2) is 4.98 Å². The number of hydrogen-bond donors (Lipinski definition) is 1. The van der Waals surface area contributed by atoms with Crippen LogP contribution in [0.5, 0.6) is 5.75 Å². The molecule has 1 N–H and O–H groups in total. The summed E-state index contributed by atoms with van der Waals surface area (Å²) in [4.78, 5) is 6.84. The van der Waals surface area contributed by atoms with Crippen LogP contribution in [0.25, 0.3) is 10.8 Å². The predicted octanol–water partition coefficient (Wildman–Crippen LogP) is 4.32. The van der Waals surface area contributed by atoms with Gasteiger partial charge in [-0.2, -0.15) is 0 Å². The lowest BCUT2D eigenvalue weighted by Crippen LogP contribution is -2.25. The third-order valence-corrected chi connectivity index (χ3v) is 4.97. The number of likely N-dealkylation sites (tertiary alicyclic amines) is 1. The summed E-state index contributed by atoms with van der Waals surface area (Å²) in [6.45, 7) is 4.83. The SMILES string of the molecule is c1ccc(NCc2c(OCCN3CCCC3)ccc3ccccc23)nc1. The van der Waals surface area contributed by atoms with Crippen LogP contribution in [0.15, 0.2) is 60.8 Å². The minimum atomic E-state index is 0.692. The maximum Gasteiger partial charge on any atom is 0.126 e. The van der Waals surface area contributed by atoms with Gasteiger partial charge in [0.05, 0.1) is 0 Å². The smallest absolute Gasteiger partial charge is 0.126 e. The fraction of sp³-hybridized carbons (Fsp3) is 0.318. The number of anilines is 1. The fourth-order valence-electron chi connectivity index (χ4n) is 3.57. The summed E-state index contributed by atoms with van der Waals surface area (Å²) in [5.74, 6) is 1.84. The van der Waals surface area contributed by atoms with E-state index >= 15 is 0 Å². The zero-order valence-corrected chi connectivity index (χ0v) is 15.0. The number of ether oxygens (including phenoxy) is 1. The molecule has 2 heterocycles. The number of fused-ring (bicyclic) bond motifs is 1. The first-order valence-corrected chi connectivity index (χ1v) is 9.41. The molecule has 1 aliphatic rings. The molecule has 2 aromatic carbocycles. The lowest BCUT2D eigenvalue weighted by atomic mass is 10.0. The van der Waals surface area contributed by atoms with E-state index in [1.165, 1.54) is 42.3 Å². The van der Waals surface area contributed by atoms with E-state index in [9.17, 15) is 0 Å². The Labute approximate surface area is 154 Å². The highest BCUT2D eigenvalue weighted by Gasteiger charge is 2.13. The highest BCUT2D eigenvalue weighted by Crippen LogP contribution is 2.29. The van der Waals surface area contributed by atoms with Crippen molar-refractivity contribution in [1.82, 2.24) is 9.88 Å². The van der Waals surface area contributed by atoms with Crippen molar-refractivity contribution in [3.05, 3.63) is 66.4 Å². The third-order valence-electron chi connectivity index (χ3n) is 4.97. The largest absolute Gasteiger partial charge is 0.492 e. The monoisotopic (exact) mass is 347 g/mol. The number of nitrogens with one attached hydrogen (secondary N) is 1. The molecule has 0 atom stereocenters. The molecular formula is C22H25N3O. The van der Waals surface area contributed by atoms with Crippen molar-refractivity contribution in [1.29, 1.82) is 0 Å². The van der Waals surface area contributed by atoms with Crippen LogP contribution in [0.3, 0.4) is 0 Å². The molecule has 1 saturated heterocycles. The first-order valence-electron chi connectivity index (χ1n) is 9.41. The molecule has 4 nitrogen and oxygen atoms in total. The van der Waals surface area contributed by atoms with E-state index in [-0.39, 0.29) is 0 Å². The van der Waals surface area contributed by atoms with Gasteiger partial charge in [0.15, 0.2) is 0 Å². The number of pyridine rings is 1. The molecule has 0 unspecified atom stereocenters. The quantitative estimate of drug-likeness (QED) is 0.691. The van der Waals surface area contributed by atoms with Gasteiger partial charge in [0.1, 0.15) is 18.2 Å². The van der Waals surface area contributed by atoms with Gasteiger partial charge in [-0.3, -0.25) is 4.90 Å². The molecule has 26 heavy (non-hydrogen) atoms. The van der Waals surface area contributed by atoms with E-state index in [2.05, 4.69) is 51.6 Å². The molecule has 0 amide bonds. The molecule has 0 spiro atoms. The second kappa shape index (κ2) is 8.19. The fourth-order valence-corrected chi connectivity index (χ4v) is 3.57. The minimum absolute atomic E-state index is 0.692. The van der Waals surface area contributed by atoms with Gasteiger partial charge >= 0.3 is 0 Å². The van der Waals surface area contributed by atoms with E-state index in [1.54, 1.807) is 6.20 Å². The first kappa shape index (κ1) is 16.9. The molecule has 1 aromatic heterocycles. The number of benzene rings is 2. The molecule has 0 bridgehead atoms. The van der Waals surface area contributed by atoms with Crippen molar-refractivity contribution < 1.29 is 4.74 Å². The van der Waals surface area contributed by atoms with Gasteiger partial charge in [-0.05, 0) is 54.9 Å². The third kappa shape index (κ3) is 3.97. The molecule has 1 aliphatic heterocycles. The molecule has 134 valence electrons. The van der Waals surface area contributed by atoms with Crippen LogP contribution in [-0.4, -0.2) is 36.1 Å². The summed E-state index contributed by atoms with van der Waals surface area (Å²) >= 11 is 0. The van der Waals surface area contributed by atoms with Crippen LogP contribution < -0.4 is 10.1 Å². The summed E-state index contributed by atoms with van der Waals surface area (Å²) in [7, 11) is 0. The minimum Gasteiger partial charge on any atom is -0.492 e. The van der Waals surface area contributed by atoms with Crippen LogP contribution in [-0.2, 0) is 6.54 Å². The topological polar surface area (TPSA) is 37.4 Å². The Bertz CT molecular complexity index is 844. The molecule has 0 radical (unpaired) electrons. The van der Waals surface area contributed by atoms with Crippen LogP contribution >= 0.6 is 0 Å². The first-order chi connectivity index (χ1) is 12.9. The van der Waals surface area contributed by atoms with Gasteiger partial charge in [-0.15, -0.1) is 0 Å². The highest BCUT2D eigenvalue weighted by atomic mass is 16.5. The van der Waals surface area contributed by atoms with Gasteiger partial charge < -0.3 is 10.1 Å². The van der Waals surface area contributed by atoms with E-state index in [1.807, 2.05) is 18.2 Å². The van der Waals surface area contributed by atoms with E-state index < -0.39 is 0 Å². The summed E-state index contributed by atoms with van der Waals surface area (Å²) in [5.41, 5.74) is 1.19. The average molecular weight is 347 g/mol. The Balaban J connectivity index is 1.52. The molecule has 0 saturated carbocycles. The summed E-state index contributed by atoms with van der Waals surface area (Å²) < 4.78 is 6.19. The van der Waals surface area contributed by atoms with Gasteiger partial charge in [0, 0.05) is 24.8 Å². The Kier molecular flexibility index (Phi) is 5.31. The Morgan fingerprint density at radius 2 is 1.81 bits per heavy atom. The Hall–Kier alpha value is -2.59. The highest BCUT2D eigenvalue weighted by molar-refractivity contribution is 5.88. The molecular weight excluding hydrogens is 322 g/mol. The Morgan fingerprint density at radius 1 is 0.962 bits per heavy atom. The molecule has 4 heteroatoms. The maximum atomic E-state index is 6.19. The van der Waals surface area contributed by atoms with Gasteiger partial charge in [-0.1, -0.05) is 36.4 Å². The summed E-state index contributed by atoms with van der Waals surface area (Å²) in [6.07, 6.45) is 4.43. The molecule has 0 aliphatic carbocycles. The van der Waals surface area contributed by atoms with Crippen molar-refractivity contribution in [3.63, 3.8) is 0 Å². The summed E-state index contributed by atoms with van der Waals surface area (Å²) in [6, 6.07) is 18.6. The van der Waals surface area contributed by atoms with Crippen molar-refractivity contribution in [2.45, 2.75) is 19.4 Å². The lowest BCUT2D eigenvalue weighted by Gasteiger charge is -2.18.